The van der Waals surface area contributed by atoms with Gasteiger partial charge in [0, 0.05) is 15.6 Å². The summed E-state index contributed by atoms with van der Waals surface area (Å²) in [4.78, 5) is 24.3. The molecule has 2 N–H and O–H groups in total. The number of primary amides is 1. The third-order valence-corrected chi connectivity index (χ3v) is 4.88. The summed E-state index contributed by atoms with van der Waals surface area (Å²) in [6, 6.07) is 11.3. The van der Waals surface area contributed by atoms with Crippen molar-refractivity contribution < 1.29 is 27.5 Å². The molecule has 0 aliphatic rings. The third kappa shape index (κ3) is 5.95. The van der Waals surface area contributed by atoms with E-state index in [0.29, 0.717) is 11.1 Å². The lowest BCUT2D eigenvalue weighted by atomic mass is 9.82. The van der Waals surface area contributed by atoms with Gasteiger partial charge in [-0.2, -0.15) is 13.2 Å². The predicted octanol–water partition coefficient (Wildman–Crippen LogP) is 5.54. The van der Waals surface area contributed by atoms with Crippen molar-refractivity contribution in [3.63, 3.8) is 0 Å². The Kier molecular flexibility index (Phi) is 6.74. The zero-order valence-electron chi connectivity index (χ0n) is 15.2. The highest BCUT2D eigenvalue weighted by Gasteiger charge is 2.34. The Morgan fingerprint density at radius 3 is 2.04 bits per heavy atom. The molecule has 1 unspecified atom stereocenters. The first-order chi connectivity index (χ1) is 12.9. The third-order valence-electron chi connectivity index (χ3n) is 4.16. The van der Waals surface area contributed by atoms with E-state index in [1.165, 1.54) is 12.1 Å². The van der Waals surface area contributed by atoms with Crippen molar-refractivity contribution in [3.05, 3.63) is 68.8 Å². The van der Waals surface area contributed by atoms with Crippen molar-refractivity contribution in [1.82, 2.24) is 0 Å². The van der Waals surface area contributed by atoms with Crippen LogP contribution < -0.4 is 5.73 Å². The van der Waals surface area contributed by atoms with E-state index in [4.69, 9.17) is 10.5 Å². The molecule has 28 heavy (non-hydrogen) atoms. The highest BCUT2D eigenvalue weighted by molar-refractivity contribution is 14.1. The minimum absolute atomic E-state index is 0.0616. The maximum atomic E-state index is 13.1. The van der Waals surface area contributed by atoms with Crippen molar-refractivity contribution in [3.8, 4) is 0 Å². The highest BCUT2D eigenvalue weighted by Crippen LogP contribution is 2.34. The van der Waals surface area contributed by atoms with Crippen molar-refractivity contribution in [2.75, 3.05) is 0 Å². The lowest BCUT2D eigenvalue weighted by Crippen LogP contribution is -2.34. The van der Waals surface area contributed by atoms with E-state index >= 15 is 0 Å². The lowest BCUT2D eigenvalue weighted by Gasteiger charge is -2.29. The number of nitrogens with two attached hydrogens (primary N) is 1. The molecular formula is C20H19F3INO3. The fourth-order valence-electron chi connectivity index (χ4n) is 2.89. The fraction of sp³-hybridized carbons (Fsp3) is 0.300. The van der Waals surface area contributed by atoms with Crippen molar-refractivity contribution >= 4 is 34.5 Å². The highest BCUT2D eigenvalue weighted by atomic mass is 127. The minimum Gasteiger partial charge on any atom is -0.444 e. The Morgan fingerprint density at radius 2 is 1.57 bits per heavy atom. The van der Waals surface area contributed by atoms with Gasteiger partial charge in [0.05, 0.1) is 11.5 Å². The number of rotatable bonds is 6. The topological polar surface area (TPSA) is 69.4 Å². The SMILES string of the molecule is CC(C)(CC(C(=O)c1ccc(I)cc1)c1ccc(C(F)(F)F)cc1)OC(N)=O. The number of halogens is 4. The maximum Gasteiger partial charge on any atom is 0.416 e. The van der Waals surface area contributed by atoms with Gasteiger partial charge < -0.3 is 10.5 Å². The summed E-state index contributed by atoms with van der Waals surface area (Å²) < 4.78 is 44.6. The van der Waals surface area contributed by atoms with E-state index in [9.17, 15) is 22.8 Å². The lowest BCUT2D eigenvalue weighted by molar-refractivity contribution is -0.137. The molecule has 4 nitrogen and oxygen atoms in total. The molecule has 0 aliphatic carbocycles. The number of carbonyl (C=O) groups is 2. The first-order valence-corrected chi connectivity index (χ1v) is 9.42. The van der Waals surface area contributed by atoms with Crippen LogP contribution in [0.5, 0.6) is 0 Å². The number of hydrogen-bond donors (Lipinski definition) is 1. The van der Waals surface area contributed by atoms with Crippen LogP contribution in [-0.2, 0) is 10.9 Å². The second-order valence-corrected chi connectivity index (χ2v) is 8.17. The molecule has 0 fully saturated rings. The van der Waals surface area contributed by atoms with E-state index in [1.54, 1.807) is 38.1 Å². The molecule has 150 valence electrons. The van der Waals surface area contributed by atoms with Crippen molar-refractivity contribution in [2.45, 2.75) is 38.0 Å². The average molecular weight is 505 g/mol. The molecule has 1 amide bonds. The molecule has 0 spiro atoms. The van der Waals surface area contributed by atoms with Gasteiger partial charge in [-0.1, -0.05) is 24.3 Å². The van der Waals surface area contributed by atoms with Crippen LogP contribution in [0.1, 0.15) is 47.7 Å². The molecule has 8 heteroatoms. The monoisotopic (exact) mass is 505 g/mol. The number of Topliss-reactive ketones (excluding diaryl/α,β-unsaturated/α-hetero) is 1. The van der Waals surface area contributed by atoms with Gasteiger partial charge in [0.2, 0.25) is 0 Å². The molecule has 2 rings (SSSR count). The summed E-state index contributed by atoms with van der Waals surface area (Å²) in [5, 5.41) is 0. The number of carbonyl (C=O) groups excluding carboxylic acids is 2. The molecule has 0 saturated heterocycles. The molecule has 0 radical (unpaired) electrons. The number of ketones is 1. The number of hydrogen-bond acceptors (Lipinski definition) is 3. The number of alkyl halides is 3. The molecule has 1 atom stereocenters. The molecular weight excluding hydrogens is 486 g/mol. The van der Waals surface area contributed by atoms with Gasteiger partial charge in [0.1, 0.15) is 5.60 Å². The van der Waals surface area contributed by atoms with E-state index in [-0.39, 0.29) is 12.2 Å². The van der Waals surface area contributed by atoms with Gasteiger partial charge in [-0.15, -0.1) is 0 Å². The van der Waals surface area contributed by atoms with Crippen LogP contribution >= 0.6 is 22.6 Å². The van der Waals surface area contributed by atoms with E-state index in [2.05, 4.69) is 22.6 Å². The van der Waals surface area contributed by atoms with Crippen LogP contribution in [0.25, 0.3) is 0 Å². The molecule has 2 aromatic carbocycles. The Bertz CT molecular complexity index is 846. The van der Waals surface area contributed by atoms with Gasteiger partial charge >= 0.3 is 12.3 Å². The molecule has 0 aromatic heterocycles. The van der Waals surface area contributed by atoms with Crippen LogP contribution in [0.3, 0.4) is 0 Å². The minimum atomic E-state index is -4.47. The van der Waals surface area contributed by atoms with E-state index in [0.717, 1.165) is 15.7 Å². The predicted molar refractivity (Wildman–Crippen MR) is 107 cm³/mol. The second kappa shape index (κ2) is 8.50. The van der Waals surface area contributed by atoms with Gasteiger partial charge in [0.25, 0.3) is 0 Å². The summed E-state index contributed by atoms with van der Waals surface area (Å²) >= 11 is 2.11. The quantitative estimate of drug-likeness (QED) is 0.414. The first kappa shape index (κ1) is 22.2. The number of ether oxygens (including phenoxy) is 1. The second-order valence-electron chi connectivity index (χ2n) is 6.93. The van der Waals surface area contributed by atoms with Crippen LogP contribution in [-0.4, -0.2) is 17.5 Å². The van der Waals surface area contributed by atoms with E-state index in [1.807, 2.05) is 0 Å². The molecule has 2 aromatic rings. The first-order valence-electron chi connectivity index (χ1n) is 8.34. The van der Waals surface area contributed by atoms with Crippen LogP contribution in [0.15, 0.2) is 48.5 Å². The summed E-state index contributed by atoms with van der Waals surface area (Å²) in [5.41, 5.74) is 4.02. The van der Waals surface area contributed by atoms with E-state index < -0.39 is 29.4 Å². The van der Waals surface area contributed by atoms with Gasteiger partial charge in [-0.3, -0.25) is 4.79 Å². The summed E-state index contributed by atoms with van der Waals surface area (Å²) in [7, 11) is 0. The van der Waals surface area contributed by atoms with Gasteiger partial charge in [0.15, 0.2) is 5.78 Å². The fourth-order valence-corrected chi connectivity index (χ4v) is 3.25. The zero-order valence-corrected chi connectivity index (χ0v) is 17.4. The molecule has 0 aliphatic heterocycles. The zero-order chi connectivity index (χ0) is 21.1. The Morgan fingerprint density at radius 1 is 1.04 bits per heavy atom. The standard InChI is InChI=1S/C20H19F3INO3/c1-19(2,28-18(25)27)11-16(17(26)13-5-9-15(24)10-6-13)12-3-7-14(8-4-12)20(21,22)23/h3-10,16H,11H2,1-2H3,(H2,25,27). The maximum absolute atomic E-state index is 13.1. The number of benzene rings is 2. The Labute approximate surface area is 174 Å². The smallest absolute Gasteiger partial charge is 0.416 e. The molecule has 0 bridgehead atoms. The largest absolute Gasteiger partial charge is 0.444 e. The average Bonchev–Trinajstić information content (AvgIpc) is 2.58. The summed E-state index contributed by atoms with van der Waals surface area (Å²) in [6.45, 7) is 3.19. The number of amides is 1. The van der Waals surface area contributed by atoms with Crippen LogP contribution in [0.4, 0.5) is 18.0 Å². The van der Waals surface area contributed by atoms with Gasteiger partial charge in [-0.25, -0.2) is 4.79 Å². The molecule has 0 heterocycles. The van der Waals surface area contributed by atoms with Crippen LogP contribution in [0, 0.1) is 3.57 Å². The normalized spacial score (nSPS) is 13.1. The molecule has 0 saturated carbocycles. The Balaban J connectivity index is 2.42. The van der Waals surface area contributed by atoms with Crippen molar-refractivity contribution in [2.24, 2.45) is 5.73 Å². The van der Waals surface area contributed by atoms with Gasteiger partial charge in [-0.05, 0) is 66.3 Å². The van der Waals surface area contributed by atoms with Crippen molar-refractivity contribution in [1.29, 1.82) is 0 Å². The summed E-state index contributed by atoms with van der Waals surface area (Å²) in [6.07, 6.45) is -5.40. The van der Waals surface area contributed by atoms with Crippen LogP contribution in [0.2, 0.25) is 0 Å². The summed E-state index contributed by atoms with van der Waals surface area (Å²) in [5.74, 6) is -1.09. The Hall–Kier alpha value is -2.10.